The predicted octanol–water partition coefficient (Wildman–Crippen LogP) is 3.55. The van der Waals surface area contributed by atoms with Gasteiger partial charge in [0.25, 0.3) is 23.6 Å². The topological polar surface area (TPSA) is 122 Å². The van der Waals surface area contributed by atoms with Crippen molar-refractivity contribution in [2.45, 2.75) is 51.5 Å². The number of esters is 1. The number of rotatable bonds is 9. The Kier molecular flexibility index (Phi) is 7.77. The minimum atomic E-state index is -0.799. The Hall–Kier alpha value is -4.01. The van der Waals surface area contributed by atoms with Gasteiger partial charge in [0.05, 0.1) is 27.9 Å². The zero-order valence-electron chi connectivity index (χ0n) is 20.2. The highest BCUT2D eigenvalue weighted by molar-refractivity contribution is 6.22. The summed E-state index contributed by atoms with van der Waals surface area (Å²) in [4.78, 5) is 63.9. The van der Waals surface area contributed by atoms with Gasteiger partial charge in [0, 0.05) is 12.6 Å². The van der Waals surface area contributed by atoms with Crippen molar-refractivity contribution >= 4 is 35.3 Å². The smallest absolute Gasteiger partial charge is 0.338 e. The van der Waals surface area contributed by atoms with E-state index in [1.54, 1.807) is 24.3 Å². The molecule has 2 aromatic rings. The molecule has 2 aromatic carbocycles. The Labute approximate surface area is 209 Å². The molecule has 2 aliphatic rings. The number of unbranched alkanes of at least 4 members (excludes halogenated alkanes) is 1. The number of para-hydroxylation sites is 1. The quantitative estimate of drug-likeness (QED) is 0.409. The van der Waals surface area contributed by atoms with E-state index in [9.17, 15) is 24.0 Å². The molecule has 0 saturated heterocycles. The number of imide groups is 1. The highest BCUT2D eigenvalue weighted by Gasteiger charge is 2.35. The molecule has 0 aromatic heterocycles. The molecule has 1 aliphatic carbocycles. The lowest BCUT2D eigenvalue weighted by molar-refractivity contribution is -0.119. The van der Waals surface area contributed by atoms with Crippen LogP contribution in [0.4, 0.5) is 5.69 Å². The second-order valence-electron chi connectivity index (χ2n) is 9.00. The van der Waals surface area contributed by atoms with E-state index in [0.717, 1.165) is 32.1 Å². The van der Waals surface area contributed by atoms with E-state index >= 15 is 0 Å². The van der Waals surface area contributed by atoms with Crippen LogP contribution in [0.1, 0.15) is 86.9 Å². The van der Waals surface area contributed by atoms with Crippen LogP contribution in [0, 0.1) is 0 Å². The van der Waals surface area contributed by atoms with Gasteiger partial charge in [-0.1, -0.05) is 38.3 Å². The third-order valence-electron chi connectivity index (χ3n) is 6.41. The Morgan fingerprint density at radius 1 is 1.00 bits per heavy atom. The summed E-state index contributed by atoms with van der Waals surface area (Å²) in [7, 11) is 0. The first-order valence-corrected chi connectivity index (χ1v) is 12.3. The van der Waals surface area contributed by atoms with Crippen LogP contribution >= 0.6 is 0 Å². The molecule has 9 nitrogen and oxygen atoms in total. The average Bonchev–Trinajstić information content (AvgIpc) is 3.47. The van der Waals surface area contributed by atoms with E-state index in [4.69, 9.17) is 4.74 Å². The molecule has 0 bridgehead atoms. The van der Waals surface area contributed by atoms with Crippen molar-refractivity contribution in [2.24, 2.45) is 0 Å². The molecular formula is C27H29N3O6. The zero-order valence-corrected chi connectivity index (χ0v) is 20.2. The van der Waals surface area contributed by atoms with Gasteiger partial charge in [-0.25, -0.2) is 4.79 Å². The molecule has 0 radical (unpaired) electrons. The van der Waals surface area contributed by atoms with Crippen molar-refractivity contribution in [3.63, 3.8) is 0 Å². The summed E-state index contributed by atoms with van der Waals surface area (Å²) in [5.74, 6) is -2.49. The van der Waals surface area contributed by atoms with Crippen molar-refractivity contribution < 1.29 is 28.7 Å². The number of carbonyl (C=O) groups is 5. The summed E-state index contributed by atoms with van der Waals surface area (Å²) in [5.41, 5.74) is 1.12. The van der Waals surface area contributed by atoms with E-state index in [0.29, 0.717) is 24.2 Å². The Balaban J connectivity index is 1.35. The summed E-state index contributed by atoms with van der Waals surface area (Å²) >= 11 is 0. The van der Waals surface area contributed by atoms with Crippen molar-refractivity contribution in [3.8, 4) is 0 Å². The largest absolute Gasteiger partial charge is 0.452 e. The van der Waals surface area contributed by atoms with Gasteiger partial charge in [-0.15, -0.1) is 0 Å². The van der Waals surface area contributed by atoms with Crippen LogP contribution in [-0.4, -0.2) is 53.7 Å². The van der Waals surface area contributed by atoms with Crippen LogP contribution in [0.25, 0.3) is 0 Å². The van der Waals surface area contributed by atoms with E-state index in [1.165, 1.54) is 23.1 Å². The molecule has 0 unspecified atom stereocenters. The second kappa shape index (κ2) is 11.2. The van der Waals surface area contributed by atoms with E-state index in [-0.39, 0.29) is 34.5 Å². The number of fused-ring (bicyclic) bond motifs is 1. The maximum atomic E-state index is 12.7. The highest BCUT2D eigenvalue weighted by atomic mass is 16.5. The molecule has 1 heterocycles. The van der Waals surface area contributed by atoms with Crippen LogP contribution in [0.5, 0.6) is 0 Å². The number of nitrogens with zero attached hydrogens (tertiary/aromatic N) is 1. The van der Waals surface area contributed by atoms with Gasteiger partial charge in [-0.2, -0.15) is 0 Å². The fourth-order valence-electron chi connectivity index (χ4n) is 4.46. The minimum absolute atomic E-state index is 0.0661. The SMILES string of the molecule is CCCCN1C(=O)c2ccc(C(=O)OCC(=O)Nc3ccccc3C(=O)NC3CCCC3)cc2C1=O. The Morgan fingerprint density at radius 2 is 1.72 bits per heavy atom. The van der Waals surface area contributed by atoms with Gasteiger partial charge >= 0.3 is 5.97 Å². The molecule has 0 atom stereocenters. The number of hydrogen-bond acceptors (Lipinski definition) is 6. The van der Waals surface area contributed by atoms with Gasteiger partial charge in [0.15, 0.2) is 6.61 Å². The first kappa shape index (κ1) is 25.1. The van der Waals surface area contributed by atoms with Crippen LogP contribution in [0.3, 0.4) is 0 Å². The molecule has 9 heteroatoms. The van der Waals surface area contributed by atoms with Crippen LogP contribution in [-0.2, 0) is 9.53 Å². The molecule has 36 heavy (non-hydrogen) atoms. The first-order chi connectivity index (χ1) is 17.4. The molecule has 188 valence electrons. The van der Waals surface area contributed by atoms with Gasteiger partial charge < -0.3 is 15.4 Å². The van der Waals surface area contributed by atoms with Crippen LogP contribution in [0.15, 0.2) is 42.5 Å². The Morgan fingerprint density at radius 3 is 2.47 bits per heavy atom. The lowest BCUT2D eigenvalue weighted by Gasteiger charge is -2.15. The van der Waals surface area contributed by atoms with E-state index in [2.05, 4.69) is 10.6 Å². The maximum absolute atomic E-state index is 12.7. The molecule has 4 rings (SSSR count). The van der Waals surface area contributed by atoms with Gasteiger partial charge in [0.1, 0.15) is 0 Å². The molecule has 2 N–H and O–H groups in total. The van der Waals surface area contributed by atoms with Gasteiger partial charge in [-0.3, -0.25) is 24.1 Å². The molecule has 4 amide bonds. The monoisotopic (exact) mass is 491 g/mol. The lowest BCUT2D eigenvalue weighted by Crippen LogP contribution is -2.33. The van der Waals surface area contributed by atoms with Crippen molar-refractivity contribution in [3.05, 3.63) is 64.7 Å². The average molecular weight is 492 g/mol. The predicted molar refractivity (Wildman–Crippen MR) is 132 cm³/mol. The fourth-order valence-corrected chi connectivity index (χ4v) is 4.46. The molecule has 1 aliphatic heterocycles. The normalized spacial score (nSPS) is 15.1. The van der Waals surface area contributed by atoms with Gasteiger partial charge in [0.2, 0.25) is 0 Å². The van der Waals surface area contributed by atoms with E-state index in [1.807, 2.05) is 6.92 Å². The highest BCUT2D eigenvalue weighted by Crippen LogP contribution is 2.25. The minimum Gasteiger partial charge on any atom is -0.452 e. The van der Waals surface area contributed by atoms with Crippen molar-refractivity contribution in [1.82, 2.24) is 10.2 Å². The maximum Gasteiger partial charge on any atom is 0.338 e. The number of benzene rings is 2. The Bertz CT molecular complexity index is 1200. The summed E-state index contributed by atoms with van der Waals surface area (Å²) in [6, 6.07) is 10.9. The third kappa shape index (κ3) is 5.45. The lowest BCUT2D eigenvalue weighted by atomic mass is 10.1. The van der Waals surface area contributed by atoms with Gasteiger partial charge in [-0.05, 0) is 49.6 Å². The molecule has 1 fully saturated rings. The summed E-state index contributed by atoms with van der Waals surface area (Å²) < 4.78 is 5.12. The second-order valence-corrected chi connectivity index (χ2v) is 9.00. The first-order valence-electron chi connectivity index (χ1n) is 12.3. The number of nitrogens with one attached hydrogen (secondary N) is 2. The van der Waals surface area contributed by atoms with Crippen LogP contribution < -0.4 is 10.6 Å². The number of amides is 4. The summed E-state index contributed by atoms with van der Waals surface area (Å²) in [6.07, 6.45) is 5.58. The zero-order chi connectivity index (χ0) is 25.7. The van der Waals surface area contributed by atoms with Crippen molar-refractivity contribution in [2.75, 3.05) is 18.5 Å². The van der Waals surface area contributed by atoms with Crippen LogP contribution in [0.2, 0.25) is 0 Å². The number of hydrogen-bond donors (Lipinski definition) is 2. The molecular weight excluding hydrogens is 462 g/mol. The summed E-state index contributed by atoms with van der Waals surface area (Å²) in [5, 5.41) is 5.61. The summed E-state index contributed by atoms with van der Waals surface area (Å²) in [6.45, 7) is 1.71. The van der Waals surface area contributed by atoms with E-state index < -0.39 is 24.4 Å². The number of anilines is 1. The number of carbonyl (C=O) groups excluding carboxylic acids is 5. The molecule has 1 saturated carbocycles. The fraction of sp³-hybridized carbons (Fsp3) is 0.370. The third-order valence-corrected chi connectivity index (χ3v) is 6.41. The number of ether oxygens (including phenoxy) is 1. The van der Waals surface area contributed by atoms with Crippen molar-refractivity contribution in [1.29, 1.82) is 0 Å². The standard InChI is InChI=1S/C27H29N3O6/c1-2-3-14-30-25(33)19-13-12-17(15-21(19)26(30)34)27(35)36-16-23(31)29-22-11-7-6-10-20(22)24(32)28-18-8-4-5-9-18/h6-7,10-13,15,18H,2-5,8-9,14,16H2,1H3,(H,28,32)(H,29,31). The molecule has 0 spiro atoms.